The Hall–Kier alpha value is -4.25. The monoisotopic (exact) mass is 508 g/mol. The molecule has 1 aliphatic rings. The predicted molar refractivity (Wildman–Crippen MR) is 132 cm³/mol. The Morgan fingerprint density at radius 2 is 1.86 bits per heavy atom. The van der Waals surface area contributed by atoms with Crippen molar-refractivity contribution in [2.45, 2.75) is 25.4 Å². The standard InChI is InChI=1S/C25H24N4O6S/c1-3-35-17-11-9-16(10-12-17)20-22(31)29(25(33)27-20)19(13-15-7-5-4-6-8-15)21(30)28-24-26-18(14-36-24)23(32)34-2/h4-12,14,19-20H,3,13H2,1-2H3,(H,27,33)(H,26,28,30)/t19-,20+/m0/s1. The highest BCUT2D eigenvalue weighted by atomic mass is 32.1. The second kappa shape index (κ2) is 11.0. The molecular formula is C25H24N4O6S. The topological polar surface area (TPSA) is 127 Å². The molecule has 3 aromatic rings. The van der Waals surface area contributed by atoms with Gasteiger partial charge in [0.25, 0.3) is 5.91 Å². The number of benzene rings is 2. The molecule has 0 aliphatic carbocycles. The molecule has 0 spiro atoms. The van der Waals surface area contributed by atoms with Crippen molar-refractivity contribution in [2.24, 2.45) is 0 Å². The van der Waals surface area contributed by atoms with E-state index in [2.05, 4.69) is 20.4 Å². The van der Waals surface area contributed by atoms with Gasteiger partial charge in [-0.15, -0.1) is 11.3 Å². The van der Waals surface area contributed by atoms with Crippen LogP contribution in [0.25, 0.3) is 0 Å². The lowest BCUT2D eigenvalue weighted by Gasteiger charge is -2.24. The quantitative estimate of drug-likeness (QED) is 0.336. The first-order valence-electron chi connectivity index (χ1n) is 11.2. The summed E-state index contributed by atoms with van der Waals surface area (Å²) in [5.41, 5.74) is 1.38. The van der Waals surface area contributed by atoms with Crippen molar-refractivity contribution in [3.8, 4) is 5.75 Å². The lowest BCUT2D eigenvalue weighted by molar-refractivity contribution is -0.134. The molecule has 2 atom stereocenters. The Bertz CT molecular complexity index is 1260. The molecule has 1 aromatic heterocycles. The second-order valence-corrected chi connectivity index (χ2v) is 8.68. The molecule has 0 radical (unpaired) electrons. The summed E-state index contributed by atoms with van der Waals surface area (Å²) in [7, 11) is 1.23. The summed E-state index contributed by atoms with van der Waals surface area (Å²) in [6, 6.07) is 13.1. The fourth-order valence-corrected chi connectivity index (χ4v) is 4.48. The van der Waals surface area contributed by atoms with E-state index < -0.39 is 35.9 Å². The smallest absolute Gasteiger partial charge is 0.357 e. The number of esters is 1. The van der Waals surface area contributed by atoms with Gasteiger partial charge < -0.3 is 20.1 Å². The maximum absolute atomic E-state index is 13.4. The van der Waals surface area contributed by atoms with Gasteiger partial charge in [0.2, 0.25) is 5.91 Å². The zero-order valence-electron chi connectivity index (χ0n) is 19.6. The largest absolute Gasteiger partial charge is 0.494 e. The van der Waals surface area contributed by atoms with Crippen molar-refractivity contribution in [2.75, 3.05) is 19.0 Å². The Labute approximate surface area is 211 Å². The van der Waals surface area contributed by atoms with Gasteiger partial charge in [0.1, 0.15) is 17.8 Å². The van der Waals surface area contributed by atoms with Gasteiger partial charge in [-0.05, 0) is 30.2 Å². The predicted octanol–water partition coefficient (Wildman–Crippen LogP) is 3.17. The molecule has 2 aromatic carbocycles. The van der Waals surface area contributed by atoms with Crippen LogP contribution in [0.1, 0.15) is 34.6 Å². The molecule has 0 unspecified atom stereocenters. The number of nitrogens with zero attached hydrogens (tertiary/aromatic N) is 2. The summed E-state index contributed by atoms with van der Waals surface area (Å²) in [5, 5.41) is 6.90. The summed E-state index contributed by atoms with van der Waals surface area (Å²) in [6.45, 7) is 2.37. The van der Waals surface area contributed by atoms with E-state index in [1.807, 2.05) is 25.1 Å². The van der Waals surface area contributed by atoms with Gasteiger partial charge in [0.05, 0.1) is 13.7 Å². The SMILES string of the molecule is CCOc1ccc([C@H]2NC(=O)N([C@@H](Cc3ccccc3)C(=O)Nc3nc(C(=O)OC)cs3)C2=O)cc1. The number of carbonyl (C=O) groups is 4. The minimum atomic E-state index is -1.15. The van der Waals surface area contributed by atoms with Crippen LogP contribution in [0.3, 0.4) is 0 Å². The Balaban J connectivity index is 1.59. The van der Waals surface area contributed by atoms with E-state index in [-0.39, 0.29) is 17.2 Å². The minimum absolute atomic E-state index is 0.0444. The summed E-state index contributed by atoms with van der Waals surface area (Å²) < 4.78 is 10.1. The minimum Gasteiger partial charge on any atom is -0.494 e. The van der Waals surface area contributed by atoms with Crippen LogP contribution in [-0.4, -0.2) is 53.5 Å². The van der Waals surface area contributed by atoms with Crippen LogP contribution in [0.5, 0.6) is 5.75 Å². The van der Waals surface area contributed by atoms with Gasteiger partial charge in [0, 0.05) is 11.8 Å². The van der Waals surface area contributed by atoms with Crippen molar-refractivity contribution < 1.29 is 28.7 Å². The molecule has 4 amide bonds. The Kier molecular flexibility index (Phi) is 7.59. The summed E-state index contributed by atoms with van der Waals surface area (Å²) in [6.07, 6.45) is 0.0943. The molecule has 1 saturated heterocycles. The van der Waals surface area contributed by atoms with Gasteiger partial charge in [-0.2, -0.15) is 0 Å². The number of carbonyl (C=O) groups excluding carboxylic acids is 4. The first kappa shape index (κ1) is 24.9. The number of rotatable bonds is 9. The van der Waals surface area contributed by atoms with Crippen molar-refractivity contribution in [3.63, 3.8) is 0 Å². The number of ether oxygens (including phenoxy) is 2. The summed E-state index contributed by atoms with van der Waals surface area (Å²) in [4.78, 5) is 56.4. The fourth-order valence-electron chi connectivity index (χ4n) is 3.79. The second-order valence-electron chi connectivity index (χ2n) is 7.82. The molecule has 0 saturated carbocycles. The summed E-state index contributed by atoms with van der Waals surface area (Å²) >= 11 is 1.03. The number of amides is 4. The number of imide groups is 1. The van der Waals surface area contributed by atoms with Gasteiger partial charge in [-0.3, -0.25) is 9.59 Å². The normalized spacial score (nSPS) is 15.8. The fraction of sp³-hybridized carbons (Fsp3) is 0.240. The highest BCUT2D eigenvalue weighted by Crippen LogP contribution is 2.27. The lowest BCUT2D eigenvalue weighted by Crippen LogP contribution is -2.49. The average molecular weight is 509 g/mol. The Morgan fingerprint density at radius 3 is 2.53 bits per heavy atom. The van der Waals surface area contributed by atoms with Crippen molar-refractivity contribution in [3.05, 3.63) is 76.8 Å². The van der Waals surface area contributed by atoms with E-state index in [1.165, 1.54) is 12.5 Å². The van der Waals surface area contributed by atoms with Gasteiger partial charge in [-0.1, -0.05) is 42.5 Å². The maximum atomic E-state index is 13.4. The number of thiazole rings is 1. The third kappa shape index (κ3) is 5.36. The van der Waals surface area contributed by atoms with Crippen LogP contribution in [0.2, 0.25) is 0 Å². The molecule has 10 nitrogen and oxygen atoms in total. The molecule has 2 heterocycles. The zero-order chi connectivity index (χ0) is 25.7. The van der Waals surface area contributed by atoms with Crippen LogP contribution in [0.15, 0.2) is 60.0 Å². The van der Waals surface area contributed by atoms with Crippen molar-refractivity contribution >= 4 is 40.3 Å². The van der Waals surface area contributed by atoms with E-state index >= 15 is 0 Å². The molecule has 1 aliphatic heterocycles. The van der Waals surface area contributed by atoms with Crippen LogP contribution >= 0.6 is 11.3 Å². The van der Waals surface area contributed by atoms with E-state index in [9.17, 15) is 19.2 Å². The zero-order valence-corrected chi connectivity index (χ0v) is 20.4. The number of methoxy groups -OCH3 is 1. The lowest BCUT2D eigenvalue weighted by atomic mass is 10.0. The van der Waals surface area contributed by atoms with Crippen LogP contribution < -0.4 is 15.4 Å². The Morgan fingerprint density at radius 1 is 1.14 bits per heavy atom. The van der Waals surface area contributed by atoms with E-state index in [0.29, 0.717) is 17.9 Å². The number of hydrogen-bond donors (Lipinski definition) is 2. The number of aromatic nitrogens is 1. The third-order valence-electron chi connectivity index (χ3n) is 5.51. The number of urea groups is 1. The molecule has 36 heavy (non-hydrogen) atoms. The van der Waals surface area contributed by atoms with E-state index in [1.54, 1.807) is 36.4 Å². The molecule has 0 bridgehead atoms. The molecule has 11 heteroatoms. The van der Waals surface area contributed by atoms with E-state index in [4.69, 9.17) is 4.74 Å². The van der Waals surface area contributed by atoms with Crippen LogP contribution in [-0.2, 0) is 20.7 Å². The molecule has 186 valence electrons. The molecule has 2 N–H and O–H groups in total. The van der Waals surface area contributed by atoms with Crippen LogP contribution in [0, 0.1) is 0 Å². The first-order chi connectivity index (χ1) is 17.4. The number of hydrogen-bond acceptors (Lipinski definition) is 8. The maximum Gasteiger partial charge on any atom is 0.357 e. The van der Waals surface area contributed by atoms with E-state index in [0.717, 1.165) is 21.8 Å². The van der Waals surface area contributed by atoms with Crippen molar-refractivity contribution in [1.29, 1.82) is 0 Å². The third-order valence-corrected chi connectivity index (χ3v) is 6.27. The van der Waals surface area contributed by atoms with Gasteiger partial charge >= 0.3 is 12.0 Å². The highest BCUT2D eigenvalue weighted by Gasteiger charge is 2.45. The highest BCUT2D eigenvalue weighted by molar-refractivity contribution is 7.14. The first-order valence-corrected chi connectivity index (χ1v) is 12.0. The average Bonchev–Trinajstić information content (AvgIpc) is 3.47. The van der Waals surface area contributed by atoms with Gasteiger partial charge in [-0.25, -0.2) is 19.5 Å². The van der Waals surface area contributed by atoms with Crippen molar-refractivity contribution in [1.82, 2.24) is 15.2 Å². The van der Waals surface area contributed by atoms with Crippen LogP contribution in [0.4, 0.5) is 9.93 Å². The molecule has 4 rings (SSSR count). The summed E-state index contributed by atoms with van der Waals surface area (Å²) in [5.74, 6) is -1.15. The van der Waals surface area contributed by atoms with Gasteiger partial charge in [0.15, 0.2) is 10.8 Å². The molecule has 1 fully saturated rings. The number of nitrogens with one attached hydrogen (secondary N) is 2. The number of anilines is 1. The molecular weight excluding hydrogens is 484 g/mol.